The normalized spacial score (nSPS) is 37.8. The summed E-state index contributed by atoms with van der Waals surface area (Å²) in [6, 6.07) is 0. The predicted molar refractivity (Wildman–Crippen MR) is 128 cm³/mol. The van der Waals surface area contributed by atoms with E-state index in [0.29, 0.717) is 23.7 Å². The fourth-order valence-corrected chi connectivity index (χ4v) is 7.98. The molecule has 2 fully saturated rings. The molecule has 0 amide bonds. The molecule has 4 aliphatic carbocycles. The smallest absolute Gasteiger partial charge is 0.302 e. The lowest BCUT2D eigenvalue weighted by Crippen LogP contribution is -2.50. The van der Waals surface area contributed by atoms with Crippen LogP contribution < -0.4 is 0 Å². The van der Waals surface area contributed by atoms with E-state index in [0.717, 1.165) is 56.1 Å². The van der Waals surface area contributed by atoms with Gasteiger partial charge >= 0.3 is 5.97 Å². The maximum atomic E-state index is 12.2. The summed E-state index contributed by atoms with van der Waals surface area (Å²) >= 11 is 0. The van der Waals surface area contributed by atoms with Crippen molar-refractivity contribution in [3.05, 3.63) is 35.4 Å². The summed E-state index contributed by atoms with van der Waals surface area (Å²) < 4.78 is 7.75. The van der Waals surface area contributed by atoms with Crippen LogP contribution in [0.25, 0.3) is 5.70 Å². The third-order valence-electron chi connectivity index (χ3n) is 9.66. The highest BCUT2D eigenvalue weighted by atomic mass is 16.5. The highest BCUT2D eigenvalue weighted by Crippen LogP contribution is 2.66. The van der Waals surface area contributed by atoms with Gasteiger partial charge in [-0.25, -0.2) is 4.98 Å². The molecule has 1 aromatic rings. The van der Waals surface area contributed by atoms with Crippen LogP contribution in [0.4, 0.5) is 0 Å². The highest BCUT2D eigenvalue weighted by molar-refractivity contribution is 5.86. The van der Waals surface area contributed by atoms with Crippen molar-refractivity contribution in [2.75, 3.05) is 0 Å². The topological polar surface area (TPSA) is 61.2 Å². The van der Waals surface area contributed by atoms with Gasteiger partial charge in [0.2, 0.25) is 0 Å². The van der Waals surface area contributed by atoms with Gasteiger partial charge in [0, 0.05) is 36.2 Å². The molecule has 0 aliphatic heterocycles. The van der Waals surface area contributed by atoms with Crippen LogP contribution in [0.3, 0.4) is 0 Å². The first-order chi connectivity index (χ1) is 15.7. The van der Waals surface area contributed by atoms with Crippen LogP contribution in [0.5, 0.6) is 0 Å². The maximum Gasteiger partial charge on any atom is 0.302 e. The molecule has 2 saturated carbocycles. The molecule has 4 unspecified atom stereocenters. The average molecular weight is 451 g/mol. The lowest BCUT2D eigenvalue weighted by atomic mass is 9.47. The van der Waals surface area contributed by atoms with Crippen molar-refractivity contribution in [1.82, 2.24) is 9.55 Å². The van der Waals surface area contributed by atoms with Crippen molar-refractivity contribution < 1.29 is 14.3 Å². The Morgan fingerprint density at radius 1 is 1.18 bits per heavy atom. The van der Waals surface area contributed by atoms with Gasteiger partial charge < -0.3 is 9.30 Å². The molecule has 0 N–H and O–H groups in total. The Hall–Kier alpha value is -2.17. The molecule has 5 nitrogen and oxygen atoms in total. The van der Waals surface area contributed by atoms with Gasteiger partial charge in [0.25, 0.3) is 0 Å². The summed E-state index contributed by atoms with van der Waals surface area (Å²) in [5.74, 6) is 1.91. The predicted octanol–water partition coefficient (Wildman–Crippen LogP) is 5.92. The zero-order chi connectivity index (χ0) is 23.5. The van der Waals surface area contributed by atoms with Crippen molar-refractivity contribution >= 4 is 18.0 Å². The molecule has 5 heteroatoms. The van der Waals surface area contributed by atoms with Crippen LogP contribution in [0, 0.1) is 28.6 Å². The number of hydrogen-bond acceptors (Lipinski definition) is 4. The van der Waals surface area contributed by atoms with Gasteiger partial charge in [-0.05, 0) is 67.6 Å². The molecule has 5 rings (SSSR count). The second-order valence-corrected chi connectivity index (χ2v) is 11.7. The van der Waals surface area contributed by atoms with Gasteiger partial charge in [0.15, 0.2) is 0 Å². The number of carbonyl (C=O) groups excluding carboxylic acids is 2. The van der Waals surface area contributed by atoms with Gasteiger partial charge in [0.05, 0.1) is 12.0 Å². The third-order valence-corrected chi connectivity index (χ3v) is 9.66. The maximum absolute atomic E-state index is 12.2. The van der Waals surface area contributed by atoms with E-state index in [9.17, 15) is 9.59 Å². The van der Waals surface area contributed by atoms with Crippen molar-refractivity contribution in [2.24, 2.45) is 28.6 Å². The second kappa shape index (κ2) is 7.95. The SMILES string of the molecule is CC(=O)O[C@H]1CCC2(C)C(=CCC3C2CC[C@]2(C)C(n4cnc(C(C)C)c4)=C(C=O)CC32)C1. The summed E-state index contributed by atoms with van der Waals surface area (Å²) in [5.41, 5.74) is 4.93. The number of aromatic nitrogens is 2. The molecule has 6 atom stereocenters. The number of carbonyl (C=O) groups is 2. The van der Waals surface area contributed by atoms with Crippen molar-refractivity contribution in [3.8, 4) is 0 Å². The number of hydrogen-bond donors (Lipinski definition) is 0. The van der Waals surface area contributed by atoms with Crippen LogP contribution in [0.1, 0.15) is 91.2 Å². The number of rotatable bonds is 4. The Labute approximate surface area is 197 Å². The first-order valence-corrected chi connectivity index (χ1v) is 12.8. The van der Waals surface area contributed by atoms with E-state index in [-0.39, 0.29) is 22.9 Å². The van der Waals surface area contributed by atoms with E-state index in [1.807, 2.05) is 6.33 Å². The number of nitrogens with zero attached hydrogens (tertiary/aromatic N) is 2. The Morgan fingerprint density at radius 3 is 2.61 bits per heavy atom. The first kappa shape index (κ1) is 22.6. The van der Waals surface area contributed by atoms with Crippen LogP contribution in [0.15, 0.2) is 29.7 Å². The molecular weight excluding hydrogens is 412 g/mol. The quantitative estimate of drug-likeness (QED) is 0.324. The highest BCUT2D eigenvalue weighted by Gasteiger charge is 2.58. The number of aldehydes is 1. The van der Waals surface area contributed by atoms with Crippen LogP contribution in [0.2, 0.25) is 0 Å². The van der Waals surface area contributed by atoms with Gasteiger partial charge in [-0.2, -0.15) is 0 Å². The molecule has 0 radical (unpaired) electrons. The van der Waals surface area contributed by atoms with Crippen molar-refractivity contribution in [3.63, 3.8) is 0 Å². The number of fused-ring (bicyclic) bond motifs is 5. The third kappa shape index (κ3) is 3.45. The monoisotopic (exact) mass is 450 g/mol. The summed E-state index contributed by atoms with van der Waals surface area (Å²) in [6.07, 6.45) is 14.8. The molecule has 1 heterocycles. The Kier molecular flexibility index (Phi) is 5.45. The van der Waals surface area contributed by atoms with Crippen LogP contribution >= 0.6 is 0 Å². The summed E-state index contributed by atoms with van der Waals surface area (Å²) in [4.78, 5) is 28.4. The van der Waals surface area contributed by atoms with Crippen molar-refractivity contribution in [1.29, 1.82) is 0 Å². The number of ether oxygens (including phenoxy) is 1. The van der Waals surface area contributed by atoms with E-state index in [4.69, 9.17) is 4.74 Å². The number of esters is 1. The van der Waals surface area contributed by atoms with E-state index >= 15 is 0 Å². The zero-order valence-corrected chi connectivity index (χ0v) is 20.8. The van der Waals surface area contributed by atoms with Crippen LogP contribution in [-0.2, 0) is 14.3 Å². The minimum Gasteiger partial charge on any atom is -0.462 e. The van der Waals surface area contributed by atoms with E-state index in [1.54, 1.807) is 0 Å². The molecule has 1 aromatic heterocycles. The summed E-state index contributed by atoms with van der Waals surface area (Å²) in [5, 5.41) is 0. The Morgan fingerprint density at radius 2 is 1.94 bits per heavy atom. The minimum atomic E-state index is -0.169. The molecule has 0 bridgehead atoms. The first-order valence-electron chi connectivity index (χ1n) is 12.8. The molecule has 4 aliphatic rings. The summed E-state index contributed by atoms with van der Waals surface area (Å²) in [7, 11) is 0. The van der Waals surface area contributed by atoms with E-state index < -0.39 is 0 Å². The molecule has 33 heavy (non-hydrogen) atoms. The Balaban J connectivity index is 1.45. The lowest BCUT2D eigenvalue weighted by molar-refractivity contribution is -0.148. The number of allylic oxidation sites excluding steroid dienone is 3. The number of imidazole rings is 1. The van der Waals surface area contributed by atoms with Gasteiger partial charge in [0.1, 0.15) is 12.4 Å². The largest absolute Gasteiger partial charge is 0.462 e. The van der Waals surface area contributed by atoms with Gasteiger partial charge in [-0.15, -0.1) is 0 Å². The molecule has 0 spiro atoms. The fourth-order valence-electron chi connectivity index (χ4n) is 7.98. The zero-order valence-electron chi connectivity index (χ0n) is 20.8. The molecule has 178 valence electrons. The summed E-state index contributed by atoms with van der Waals surface area (Å²) in [6.45, 7) is 10.7. The molecule has 0 aromatic carbocycles. The van der Waals surface area contributed by atoms with E-state index in [2.05, 4.69) is 49.5 Å². The second-order valence-electron chi connectivity index (χ2n) is 11.7. The molecular formula is C28H38N2O3. The standard InChI is InChI=1S/C28H38N2O3/c1-17(2)25-14-30(16-29-25)26-19(15-31)12-24-22-7-6-20-13-21(33-18(3)32)8-10-27(20,4)23(22)9-11-28(24,26)5/h6,14-17,21-24H,7-13H2,1-5H3/t21-,22?,23?,24?,27?,28-/m0/s1. The minimum absolute atomic E-state index is 0.00298. The fraction of sp³-hybridized carbons (Fsp3) is 0.679. The van der Waals surface area contributed by atoms with Gasteiger partial charge in [-0.3, -0.25) is 9.59 Å². The Bertz CT molecular complexity index is 1030. The van der Waals surface area contributed by atoms with E-state index in [1.165, 1.54) is 24.6 Å². The molecule has 0 saturated heterocycles. The van der Waals surface area contributed by atoms with Gasteiger partial charge in [-0.1, -0.05) is 39.3 Å². The van der Waals surface area contributed by atoms with Crippen molar-refractivity contribution in [2.45, 2.75) is 91.6 Å². The van der Waals surface area contributed by atoms with Crippen LogP contribution in [-0.4, -0.2) is 27.9 Å². The lowest BCUT2D eigenvalue weighted by Gasteiger charge is -2.57. The average Bonchev–Trinajstić information content (AvgIpc) is 3.35.